The molecule has 0 radical (unpaired) electrons. The van der Waals surface area contributed by atoms with E-state index in [9.17, 15) is 4.39 Å². The van der Waals surface area contributed by atoms with Gasteiger partial charge in [0.15, 0.2) is 0 Å². The molecule has 0 aromatic heterocycles. The van der Waals surface area contributed by atoms with Crippen LogP contribution >= 0.6 is 0 Å². The van der Waals surface area contributed by atoms with Crippen molar-refractivity contribution in [1.29, 1.82) is 0 Å². The molecule has 1 aromatic rings. The molecular weight excluding hydrogens is 249 g/mol. The fourth-order valence-electron chi connectivity index (χ4n) is 2.36. The van der Waals surface area contributed by atoms with Gasteiger partial charge in [-0.1, -0.05) is 12.8 Å². The highest BCUT2D eigenvalue weighted by Crippen LogP contribution is 2.04. The Balaban J connectivity index is 0.00000162. The van der Waals surface area contributed by atoms with Crippen LogP contribution < -0.4 is 17.3 Å². The molecule has 98 valence electrons. The number of quaternary nitrogens is 1. The third-order valence-corrected chi connectivity index (χ3v) is 3.28. The predicted molar refractivity (Wildman–Crippen MR) is 67.2 cm³/mol. The Labute approximate surface area is 115 Å². The maximum atomic E-state index is 12.7. The number of nitrogens with one attached hydrogen (secondary N) is 1. The van der Waals surface area contributed by atoms with E-state index in [0.717, 1.165) is 18.0 Å². The average molecular weight is 268 g/mol. The Morgan fingerprint density at radius 2 is 2.06 bits per heavy atom. The van der Waals surface area contributed by atoms with Crippen molar-refractivity contribution in [3.63, 3.8) is 0 Å². The van der Waals surface area contributed by atoms with Gasteiger partial charge in [0.2, 0.25) is 0 Å². The Morgan fingerprint density at radius 1 is 1.33 bits per heavy atom. The van der Waals surface area contributed by atoms with Crippen LogP contribution in [0.15, 0.2) is 24.3 Å². The number of rotatable bonds is 1. The number of halogens is 2. The third-order valence-electron chi connectivity index (χ3n) is 3.28. The summed E-state index contributed by atoms with van der Waals surface area (Å²) in [5.74, 6) is 6.92. The minimum absolute atomic E-state index is 0. The molecule has 1 saturated heterocycles. The third kappa shape index (κ3) is 4.68. The molecule has 1 aliphatic rings. The summed E-state index contributed by atoms with van der Waals surface area (Å²) in [6.07, 6.45) is 2.67. The minimum atomic E-state index is -0.203. The molecule has 1 fully saturated rings. The zero-order valence-electron chi connectivity index (χ0n) is 10.7. The first-order valence-electron chi connectivity index (χ1n) is 6.32. The first-order chi connectivity index (χ1) is 8.24. The van der Waals surface area contributed by atoms with E-state index in [1.54, 1.807) is 17.0 Å². The van der Waals surface area contributed by atoms with Crippen molar-refractivity contribution in [2.24, 2.45) is 5.92 Å². The first-order valence-corrected chi connectivity index (χ1v) is 6.32. The fourth-order valence-corrected chi connectivity index (χ4v) is 2.36. The van der Waals surface area contributed by atoms with Crippen LogP contribution in [0, 0.1) is 23.6 Å². The molecule has 1 N–H and O–H groups in total. The molecule has 2 atom stereocenters. The van der Waals surface area contributed by atoms with Crippen LogP contribution in [0.1, 0.15) is 25.3 Å². The number of likely N-dealkylation sites (tertiary alicyclic amines) is 1. The zero-order chi connectivity index (χ0) is 12.1. The lowest BCUT2D eigenvalue weighted by molar-refractivity contribution is -0.901. The largest absolute Gasteiger partial charge is 1.00 e. The van der Waals surface area contributed by atoms with E-state index in [4.69, 9.17) is 0 Å². The number of piperidine rings is 1. The van der Waals surface area contributed by atoms with E-state index in [1.165, 1.54) is 38.1 Å². The van der Waals surface area contributed by atoms with E-state index in [0.29, 0.717) is 0 Å². The lowest BCUT2D eigenvalue weighted by Crippen LogP contribution is -3.13. The fraction of sp³-hybridized carbons (Fsp3) is 0.467. The number of benzene rings is 1. The molecule has 1 aromatic carbocycles. The van der Waals surface area contributed by atoms with Crippen molar-refractivity contribution in [3.8, 4) is 11.8 Å². The first kappa shape index (κ1) is 15.0. The van der Waals surface area contributed by atoms with Crippen molar-refractivity contribution in [2.45, 2.75) is 19.8 Å². The molecule has 2 unspecified atom stereocenters. The van der Waals surface area contributed by atoms with Crippen LogP contribution in [-0.2, 0) is 0 Å². The standard InChI is InChI=1S/C15H18FN.ClH/c1-13-4-2-10-17(12-13)11-3-5-14-6-8-15(16)9-7-14;/h6-9,13H,2,4,10-12H2,1H3;1H. The van der Waals surface area contributed by atoms with Crippen molar-refractivity contribution in [2.75, 3.05) is 19.6 Å². The minimum Gasteiger partial charge on any atom is -1.00 e. The average Bonchev–Trinajstić information content (AvgIpc) is 2.32. The normalized spacial score (nSPS) is 22.6. The highest BCUT2D eigenvalue weighted by molar-refractivity contribution is 5.33. The summed E-state index contributed by atoms with van der Waals surface area (Å²) < 4.78 is 12.7. The van der Waals surface area contributed by atoms with Crippen LogP contribution in [-0.4, -0.2) is 19.6 Å². The molecular formula is C15H19ClFN. The van der Waals surface area contributed by atoms with Crippen LogP contribution in [0.2, 0.25) is 0 Å². The molecule has 0 saturated carbocycles. The molecule has 1 heterocycles. The van der Waals surface area contributed by atoms with E-state index < -0.39 is 0 Å². The van der Waals surface area contributed by atoms with Gasteiger partial charge in [-0.25, -0.2) is 4.39 Å². The maximum absolute atomic E-state index is 12.7. The van der Waals surface area contributed by atoms with Gasteiger partial charge < -0.3 is 17.3 Å². The van der Waals surface area contributed by atoms with Gasteiger partial charge in [0, 0.05) is 11.5 Å². The monoisotopic (exact) mass is 267 g/mol. The lowest BCUT2D eigenvalue weighted by atomic mass is 10.0. The van der Waals surface area contributed by atoms with Gasteiger partial charge in [0.1, 0.15) is 12.4 Å². The van der Waals surface area contributed by atoms with Crippen molar-refractivity contribution < 1.29 is 21.7 Å². The summed E-state index contributed by atoms with van der Waals surface area (Å²) in [5.41, 5.74) is 0.899. The van der Waals surface area contributed by atoms with Crippen molar-refractivity contribution >= 4 is 0 Å². The van der Waals surface area contributed by atoms with Gasteiger partial charge >= 0.3 is 0 Å². The van der Waals surface area contributed by atoms with Gasteiger partial charge in [0.05, 0.1) is 13.1 Å². The quantitative estimate of drug-likeness (QED) is 0.591. The molecule has 0 aliphatic carbocycles. The Hall–Kier alpha value is -1.04. The summed E-state index contributed by atoms with van der Waals surface area (Å²) in [6, 6.07) is 6.38. The van der Waals surface area contributed by atoms with E-state index in [-0.39, 0.29) is 18.2 Å². The van der Waals surface area contributed by atoms with E-state index in [1.807, 2.05) is 0 Å². The second-order valence-corrected chi connectivity index (χ2v) is 4.94. The second kappa shape index (κ2) is 7.41. The molecule has 0 bridgehead atoms. The Morgan fingerprint density at radius 3 is 2.72 bits per heavy atom. The SMILES string of the molecule is CC1CCC[NH+](CC#Cc2ccc(F)cc2)C1.[Cl-]. The van der Waals surface area contributed by atoms with Gasteiger partial charge in [0.25, 0.3) is 0 Å². The summed E-state index contributed by atoms with van der Waals surface area (Å²) >= 11 is 0. The van der Waals surface area contributed by atoms with Gasteiger partial charge in [-0.05, 0) is 43.0 Å². The van der Waals surface area contributed by atoms with Crippen LogP contribution in [0.4, 0.5) is 4.39 Å². The van der Waals surface area contributed by atoms with Crippen molar-refractivity contribution in [3.05, 3.63) is 35.6 Å². The lowest BCUT2D eigenvalue weighted by Gasteiger charge is -2.26. The molecule has 0 spiro atoms. The predicted octanol–water partition coefficient (Wildman–Crippen LogP) is -1.50. The van der Waals surface area contributed by atoms with Gasteiger partial charge in [-0.3, -0.25) is 0 Å². The second-order valence-electron chi connectivity index (χ2n) is 4.94. The molecule has 0 amide bonds. The number of hydrogen-bond donors (Lipinski definition) is 1. The van der Waals surface area contributed by atoms with Crippen LogP contribution in [0.25, 0.3) is 0 Å². The summed E-state index contributed by atoms with van der Waals surface area (Å²) in [4.78, 5) is 1.58. The zero-order valence-corrected chi connectivity index (χ0v) is 11.4. The highest BCUT2D eigenvalue weighted by atomic mass is 35.5. The summed E-state index contributed by atoms with van der Waals surface area (Å²) in [7, 11) is 0. The molecule has 18 heavy (non-hydrogen) atoms. The smallest absolute Gasteiger partial charge is 0.139 e. The molecule has 1 aliphatic heterocycles. The number of hydrogen-bond acceptors (Lipinski definition) is 0. The Bertz CT molecular complexity index is 418. The summed E-state index contributed by atoms with van der Waals surface area (Å²) in [6.45, 7) is 5.69. The maximum Gasteiger partial charge on any atom is 0.139 e. The van der Waals surface area contributed by atoms with Gasteiger partial charge in [-0.2, -0.15) is 0 Å². The van der Waals surface area contributed by atoms with E-state index >= 15 is 0 Å². The van der Waals surface area contributed by atoms with Crippen LogP contribution in [0.5, 0.6) is 0 Å². The Kier molecular flexibility index (Phi) is 6.18. The van der Waals surface area contributed by atoms with Gasteiger partial charge in [-0.15, -0.1) is 0 Å². The molecule has 3 heteroatoms. The highest BCUT2D eigenvalue weighted by Gasteiger charge is 2.17. The summed E-state index contributed by atoms with van der Waals surface area (Å²) in [5, 5.41) is 0. The molecule has 2 rings (SSSR count). The molecule has 1 nitrogen and oxygen atoms in total. The van der Waals surface area contributed by atoms with Crippen LogP contribution in [0.3, 0.4) is 0 Å². The van der Waals surface area contributed by atoms with Crippen molar-refractivity contribution in [1.82, 2.24) is 0 Å². The topological polar surface area (TPSA) is 4.44 Å². The van der Waals surface area contributed by atoms with E-state index in [2.05, 4.69) is 18.8 Å².